The lowest BCUT2D eigenvalue weighted by Gasteiger charge is -2.26. The Labute approximate surface area is 148 Å². The second-order valence-electron chi connectivity index (χ2n) is 6.39. The minimum Gasteiger partial charge on any atom is -0.481 e. The van der Waals surface area contributed by atoms with E-state index in [-0.39, 0.29) is 11.9 Å². The molecular formula is C19H24N4O2. The van der Waals surface area contributed by atoms with Gasteiger partial charge in [0.15, 0.2) is 11.9 Å². The lowest BCUT2D eigenvalue weighted by atomic mass is 10.2. The smallest absolute Gasteiger partial charge is 0.260 e. The minimum absolute atomic E-state index is 0.104. The van der Waals surface area contributed by atoms with Crippen LogP contribution in [0.1, 0.15) is 25.3 Å². The number of benzene rings is 1. The van der Waals surface area contributed by atoms with Crippen LogP contribution in [-0.4, -0.2) is 41.3 Å². The molecule has 2 unspecified atom stereocenters. The summed E-state index contributed by atoms with van der Waals surface area (Å²) in [5, 5.41) is 11.1. The van der Waals surface area contributed by atoms with E-state index in [4.69, 9.17) is 4.74 Å². The van der Waals surface area contributed by atoms with E-state index in [2.05, 4.69) is 20.4 Å². The van der Waals surface area contributed by atoms with Crippen LogP contribution in [0.5, 0.6) is 5.75 Å². The van der Waals surface area contributed by atoms with Crippen molar-refractivity contribution in [3.63, 3.8) is 0 Å². The molecule has 0 bridgehead atoms. The number of amides is 1. The third kappa shape index (κ3) is 4.47. The number of ether oxygens (including phenoxy) is 1. The quantitative estimate of drug-likeness (QED) is 0.874. The first-order valence-corrected chi connectivity index (χ1v) is 8.69. The van der Waals surface area contributed by atoms with Crippen molar-refractivity contribution in [3.05, 3.63) is 48.2 Å². The Kier molecular flexibility index (Phi) is 5.48. The van der Waals surface area contributed by atoms with E-state index in [1.165, 1.54) is 0 Å². The number of carbonyl (C=O) groups excluding carboxylic acids is 1. The number of nitrogens with zero attached hydrogens (tertiary/aromatic N) is 3. The van der Waals surface area contributed by atoms with Gasteiger partial charge in [0.25, 0.3) is 5.91 Å². The number of anilines is 1. The molecule has 1 aliphatic rings. The molecule has 0 saturated carbocycles. The highest BCUT2D eigenvalue weighted by Gasteiger charge is 2.27. The van der Waals surface area contributed by atoms with Crippen LogP contribution in [0.2, 0.25) is 0 Å². The summed E-state index contributed by atoms with van der Waals surface area (Å²) in [7, 11) is 0. The van der Waals surface area contributed by atoms with E-state index in [9.17, 15) is 4.79 Å². The first-order chi connectivity index (χ1) is 12.1. The van der Waals surface area contributed by atoms with Gasteiger partial charge in [-0.3, -0.25) is 4.79 Å². The third-order valence-electron chi connectivity index (χ3n) is 4.41. The standard InChI is InChI=1S/C19H24N4O2/c1-14-6-3-8-17(12-14)25-15(2)19(24)20-13-16-7-5-11-23(16)18-9-4-10-21-22-18/h3-4,6,8-10,12,15-16H,5,7,11,13H2,1-2H3,(H,20,24). The normalized spacial score (nSPS) is 18.0. The zero-order chi connectivity index (χ0) is 17.6. The van der Waals surface area contributed by atoms with Crippen molar-refractivity contribution >= 4 is 11.7 Å². The Morgan fingerprint density at radius 3 is 3.04 bits per heavy atom. The maximum atomic E-state index is 12.3. The number of rotatable bonds is 6. The lowest BCUT2D eigenvalue weighted by Crippen LogP contribution is -2.44. The highest BCUT2D eigenvalue weighted by molar-refractivity contribution is 5.80. The molecule has 1 fully saturated rings. The predicted molar refractivity (Wildman–Crippen MR) is 96.7 cm³/mol. The Morgan fingerprint density at radius 1 is 1.40 bits per heavy atom. The molecule has 6 heteroatoms. The summed E-state index contributed by atoms with van der Waals surface area (Å²) in [6, 6.07) is 11.8. The monoisotopic (exact) mass is 340 g/mol. The summed E-state index contributed by atoms with van der Waals surface area (Å²) in [4.78, 5) is 14.6. The number of aryl methyl sites for hydroxylation is 1. The van der Waals surface area contributed by atoms with Gasteiger partial charge in [-0.1, -0.05) is 12.1 Å². The van der Waals surface area contributed by atoms with Crippen molar-refractivity contribution in [1.82, 2.24) is 15.5 Å². The van der Waals surface area contributed by atoms with E-state index >= 15 is 0 Å². The van der Waals surface area contributed by atoms with Gasteiger partial charge in [-0.25, -0.2) is 0 Å². The van der Waals surface area contributed by atoms with Crippen LogP contribution in [0.25, 0.3) is 0 Å². The van der Waals surface area contributed by atoms with Crippen molar-refractivity contribution < 1.29 is 9.53 Å². The second kappa shape index (κ2) is 7.96. The SMILES string of the molecule is Cc1cccc(OC(C)C(=O)NCC2CCCN2c2cccnn2)c1. The Morgan fingerprint density at radius 2 is 2.28 bits per heavy atom. The molecule has 2 atom stereocenters. The van der Waals surface area contributed by atoms with Gasteiger partial charge in [0, 0.05) is 25.3 Å². The van der Waals surface area contributed by atoms with Crippen molar-refractivity contribution in [2.45, 2.75) is 38.8 Å². The van der Waals surface area contributed by atoms with Crippen molar-refractivity contribution in [1.29, 1.82) is 0 Å². The molecule has 1 saturated heterocycles. The summed E-state index contributed by atoms with van der Waals surface area (Å²) < 4.78 is 5.74. The summed E-state index contributed by atoms with van der Waals surface area (Å²) in [5.74, 6) is 1.47. The molecule has 1 amide bonds. The molecule has 1 aliphatic heterocycles. The molecule has 25 heavy (non-hydrogen) atoms. The fourth-order valence-electron chi connectivity index (χ4n) is 3.10. The lowest BCUT2D eigenvalue weighted by molar-refractivity contribution is -0.127. The van der Waals surface area contributed by atoms with Crippen molar-refractivity contribution in [3.8, 4) is 5.75 Å². The van der Waals surface area contributed by atoms with Crippen LogP contribution < -0.4 is 15.0 Å². The molecular weight excluding hydrogens is 316 g/mol. The molecule has 1 N–H and O–H groups in total. The first-order valence-electron chi connectivity index (χ1n) is 8.69. The molecule has 6 nitrogen and oxygen atoms in total. The number of hydrogen-bond acceptors (Lipinski definition) is 5. The van der Waals surface area contributed by atoms with Crippen molar-refractivity contribution in [2.75, 3.05) is 18.0 Å². The van der Waals surface area contributed by atoms with Gasteiger partial charge in [-0.15, -0.1) is 5.10 Å². The molecule has 2 heterocycles. The van der Waals surface area contributed by atoms with Gasteiger partial charge in [0.1, 0.15) is 5.75 Å². The van der Waals surface area contributed by atoms with Crippen molar-refractivity contribution in [2.24, 2.45) is 0 Å². The van der Waals surface area contributed by atoms with Crippen LogP contribution in [0, 0.1) is 6.92 Å². The van der Waals surface area contributed by atoms with Crippen LogP contribution in [0.15, 0.2) is 42.6 Å². The highest BCUT2D eigenvalue weighted by atomic mass is 16.5. The maximum absolute atomic E-state index is 12.3. The molecule has 0 aliphatic carbocycles. The van der Waals surface area contributed by atoms with Gasteiger partial charge in [0.2, 0.25) is 0 Å². The highest BCUT2D eigenvalue weighted by Crippen LogP contribution is 2.22. The zero-order valence-corrected chi connectivity index (χ0v) is 14.7. The Balaban J connectivity index is 1.53. The van der Waals surface area contributed by atoms with Crippen LogP contribution in [0.3, 0.4) is 0 Å². The summed E-state index contributed by atoms with van der Waals surface area (Å²) in [5.41, 5.74) is 1.11. The minimum atomic E-state index is -0.534. The molecule has 3 rings (SSSR count). The van der Waals surface area contributed by atoms with Crippen LogP contribution >= 0.6 is 0 Å². The van der Waals surface area contributed by atoms with E-state index in [0.717, 1.165) is 30.8 Å². The summed E-state index contributed by atoms with van der Waals surface area (Å²) >= 11 is 0. The van der Waals surface area contributed by atoms with Crippen LogP contribution in [0.4, 0.5) is 5.82 Å². The fourth-order valence-corrected chi connectivity index (χ4v) is 3.10. The molecule has 2 aromatic rings. The molecule has 1 aromatic carbocycles. The molecule has 0 radical (unpaired) electrons. The van der Waals surface area contributed by atoms with E-state index < -0.39 is 6.10 Å². The number of nitrogens with one attached hydrogen (secondary N) is 1. The van der Waals surface area contributed by atoms with Gasteiger partial charge in [0.05, 0.1) is 0 Å². The van der Waals surface area contributed by atoms with E-state index in [1.54, 1.807) is 13.1 Å². The number of hydrogen-bond donors (Lipinski definition) is 1. The number of carbonyl (C=O) groups is 1. The zero-order valence-electron chi connectivity index (χ0n) is 14.7. The van der Waals surface area contributed by atoms with E-state index in [0.29, 0.717) is 12.3 Å². The van der Waals surface area contributed by atoms with Gasteiger partial charge < -0.3 is 15.0 Å². The topological polar surface area (TPSA) is 67.3 Å². The van der Waals surface area contributed by atoms with Gasteiger partial charge in [-0.05, 0) is 56.5 Å². The van der Waals surface area contributed by atoms with Crippen LogP contribution in [-0.2, 0) is 4.79 Å². The fraction of sp³-hybridized carbons (Fsp3) is 0.421. The summed E-state index contributed by atoms with van der Waals surface area (Å²) in [6.45, 7) is 5.29. The Bertz CT molecular complexity index is 708. The molecule has 0 spiro atoms. The number of aromatic nitrogens is 2. The van der Waals surface area contributed by atoms with Gasteiger partial charge in [-0.2, -0.15) is 5.10 Å². The second-order valence-corrected chi connectivity index (χ2v) is 6.39. The summed E-state index contributed by atoms with van der Waals surface area (Å²) in [6.07, 6.45) is 3.25. The first kappa shape index (κ1) is 17.2. The molecule has 1 aromatic heterocycles. The third-order valence-corrected chi connectivity index (χ3v) is 4.41. The predicted octanol–water partition coefficient (Wildman–Crippen LogP) is 2.34. The largest absolute Gasteiger partial charge is 0.481 e. The average Bonchev–Trinajstić information content (AvgIpc) is 3.09. The maximum Gasteiger partial charge on any atom is 0.260 e. The Hall–Kier alpha value is -2.63. The van der Waals surface area contributed by atoms with E-state index in [1.807, 2.05) is 43.3 Å². The molecule has 132 valence electrons. The average molecular weight is 340 g/mol. The van der Waals surface area contributed by atoms with Gasteiger partial charge >= 0.3 is 0 Å².